The van der Waals surface area contributed by atoms with Gasteiger partial charge in [0.1, 0.15) is 6.10 Å². The number of aliphatic hydroxyl groups excluding tert-OH is 1. The van der Waals surface area contributed by atoms with Crippen LogP contribution in [0.4, 0.5) is 0 Å². The zero-order valence-electron chi connectivity index (χ0n) is 13.8. The van der Waals surface area contributed by atoms with Gasteiger partial charge in [0.15, 0.2) is 11.5 Å². The van der Waals surface area contributed by atoms with Crippen molar-refractivity contribution in [1.82, 2.24) is 4.90 Å². The summed E-state index contributed by atoms with van der Waals surface area (Å²) in [7, 11) is 3.80. The first-order valence-electron chi connectivity index (χ1n) is 8.11. The second kappa shape index (κ2) is 5.94. The van der Waals surface area contributed by atoms with Crippen LogP contribution in [0, 0.1) is 0 Å². The lowest BCUT2D eigenvalue weighted by Gasteiger charge is -2.29. The number of rotatable bonds is 1. The van der Waals surface area contributed by atoms with E-state index in [1.807, 2.05) is 26.0 Å². The highest BCUT2D eigenvalue weighted by atomic mass is 16.5. The summed E-state index contributed by atoms with van der Waals surface area (Å²) in [6.45, 7) is 5.80. The maximum absolute atomic E-state index is 10.1. The Bertz CT molecular complexity index is 596. The molecule has 3 aliphatic rings. The average Bonchev–Trinajstić information content (AvgIpc) is 2.81. The van der Waals surface area contributed by atoms with Gasteiger partial charge < -0.3 is 14.6 Å². The molecule has 4 rings (SSSR count). The lowest BCUT2D eigenvalue weighted by molar-refractivity contribution is 0.111. The van der Waals surface area contributed by atoms with E-state index in [-0.39, 0.29) is 12.0 Å². The summed E-state index contributed by atoms with van der Waals surface area (Å²) in [6.07, 6.45) is 2.32. The molecular formula is C18H25NO3. The molecule has 22 heavy (non-hydrogen) atoms. The molecule has 0 radical (unpaired) electrons. The van der Waals surface area contributed by atoms with Crippen LogP contribution >= 0.6 is 0 Å². The number of likely N-dealkylation sites (N-methyl/N-ethyl adjacent to an activating group) is 1. The first-order chi connectivity index (χ1) is 10.7. The minimum Gasteiger partial charge on any atom is -0.493 e. The zero-order valence-corrected chi connectivity index (χ0v) is 13.8. The number of aliphatic hydroxyl groups is 1. The van der Waals surface area contributed by atoms with Gasteiger partial charge in [-0.25, -0.2) is 0 Å². The normalized spacial score (nSPS) is 28.6. The maximum atomic E-state index is 10.1. The van der Waals surface area contributed by atoms with Crippen molar-refractivity contribution in [3.63, 3.8) is 0 Å². The van der Waals surface area contributed by atoms with E-state index in [1.54, 1.807) is 7.11 Å². The van der Waals surface area contributed by atoms with Crippen LogP contribution in [0.15, 0.2) is 23.8 Å². The quantitative estimate of drug-likeness (QED) is 0.810. The number of hydrogen-bond acceptors (Lipinski definition) is 4. The van der Waals surface area contributed by atoms with Gasteiger partial charge in [-0.2, -0.15) is 0 Å². The van der Waals surface area contributed by atoms with Crippen molar-refractivity contribution in [2.75, 3.05) is 20.7 Å². The smallest absolute Gasteiger partial charge is 0.165 e. The van der Waals surface area contributed by atoms with Crippen molar-refractivity contribution in [3.05, 3.63) is 34.9 Å². The van der Waals surface area contributed by atoms with Crippen molar-refractivity contribution in [3.8, 4) is 11.5 Å². The van der Waals surface area contributed by atoms with Crippen molar-refractivity contribution >= 4 is 0 Å². The number of methoxy groups -OCH3 is 1. The molecule has 2 aliphatic heterocycles. The average molecular weight is 303 g/mol. The Morgan fingerprint density at radius 1 is 1.27 bits per heavy atom. The molecule has 0 saturated heterocycles. The number of ether oxygens (including phenoxy) is 2. The molecule has 0 amide bonds. The highest BCUT2D eigenvalue weighted by Crippen LogP contribution is 2.53. The Kier molecular flexibility index (Phi) is 4.15. The van der Waals surface area contributed by atoms with Crippen LogP contribution in [-0.2, 0) is 6.54 Å². The Hall–Kier alpha value is -1.52. The maximum Gasteiger partial charge on any atom is 0.165 e. The van der Waals surface area contributed by atoms with Gasteiger partial charge in [-0.05, 0) is 24.3 Å². The lowest BCUT2D eigenvalue weighted by Crippen LogP contribution is -2.32. The number of nitrogens with zero attached hydrogens (tertiary/aromatic N) is 1. The Labute approximate surface area is 132 Å². The first kappa shape index (κ1) is 15.4. The summed E-state index contributed by atoms with van der Waals surface area (Å²) in [6, 6.07) is 4.14. The summed E-state index contributed by atoms with van der Waals surface area (Å²) < 4.78 is 11.6. The van der Waals surface area contributed by atoms with Crippen molar-refractivity contribution < 1.29 is 14.6 Å². The highest BCUT2D eigenvalue weighted by Gasteiger charge is 2.44. The van der Waals surface area contributed by atoms with Gasteiger partial charge in [0.05, 0.1) is 13.2 Å². The Balaban J connectivity index is 0.000000693. The molecular weight excluding hydrogens is 278 g/mol. The number of benzene rings is 1. The lowest BCUT2D eigenvalue weighted by atomic mass is 9.80. The number of hydrogen-bond donors (Lipinski definition) is 1. The minimum atomic E-state index is -0.401. The molecule has 4 nitrogen and oxygen atoms in total. The topological polar surface area (TPSA) is 41.9 Å². The van der Waals surface area contributed by atoms with Crippen molar-refractivity contribution in [1.29, 1.82) is 0 Å². The van der Waals surface area contributed by atoms with E-state index < -0.39 is 6.10 Å². The van der Waals surface area contributed by atoms with E-state index >= 15 is 0 Å². The molecule has 1 aromatic carbocycles. The standard InChI is InChI=1S/C16H19NO3.C2H6/c1-17-7-9-3-4-12(19-2)16-15(9)14-10(8-17)5-11(18)6-13(14)20-16;1-2/h3-5,11,13-14,18H,6-8H2,1-2H3;1-2H3/t11-,13-,14-;/m0./s1. The van der Waals surface area contributed by atoms with Gasteiger partial charge in [-0.1, -0.05) is 26.0 Å². The third-order valence-corrected chi connectivity index (χ3v) is 4.59. The molecule has 0 aromatic heterocycles. The third kappa shape index (κ3) is 2.31. The van der Waals surface area contributed by atoms with Gasteiger partial charge in [0.25, 0.3) is 0 Å². The van der Waals surface area contributed by atoms with Crippen LogP contribution in [-0.4, -0.2) is 42.9 Å². The largest absolute Gasteiger partial charge is 0.493 e. The molecule has 0 unspecified atom stereocenters. The van der Waals surface area contributed by atoms with Crippen LogP contribution in [0.2, 0.25) is 0 Å². The van der Waals surface area contributed by atoms with E-state index in [1.165, 1.54) is 16.7 Å². The van der Waals surface area contributed by atoms with Crippen molar-refractivity contribution in [2.45, 2.75) is 44.9 Å². The molecule has 1 aromatic rings. The second-order valence-corrected chi connectivity index (χ2v) is 6.02. The molecule has 1 aliphatic carbocycles. The van der Waals surface area contributed by atoms with Crippen LogP contribution in [0.1, 0.15) is 37.3 Å². The van der Waals surface area contributed by atoms with Gasteiger partial charge >= 0.3 is 0 Å². The van der Waals surface area contributed by atoms with Crippen molar-refractivity contribution in [2.24, 2.45) is 0 Å². The van der Waals surface area contributed by atoms with E-state index in [2.05, 4.69) is 18.0 Å². The minimum absolute atomic E-state index is 0.0431. The SMILES string of the molecule is CC.COc1ccc2c3c1O[C@H]1C[C@@H](O)C=C(CN(C)C2)[C@H]31. The fraction of sp³-hybridized carbons (Fsp3) is 0.556. The van der Waals surface area contributed by atoms with E-state index in [4.69, 9.17) is 9.47 Å². The van der Waals surface area contributed by atoms with Crippen LogP contribution in [0.5, 0.6) is 11.5 Å². The van der Waals surface area contributed by atoms with E-state index in [0.717, 1.165) is 24.6 Å². The summed E-state index contributed by atoms with van der Waals surface area (Å²) >= 11 is 0. The molecule has 0 saturated carbocycles. The van der Waals surface area contributed by atoms with Gasteiger partial charge in [0.2, 0.25) is 0 Å². The fourth-order valence-electron chi connectivity index (χ4n) is 3.86. The first-order valence-corrected chi connectivity index (χ1v) is 8.11. The van der Waals surface area contributed by atoms with Gasteiger partial charge in [-0.3, -0.25) is 4.90 Å². The van der Waals surface area contributed by atoms with Gasteiger partial charge in [-0.15, -0.1) is 0 Å². The highest BCUT2D eigenvalue weighted by molar-refractivity contribution is 5.59. The molecule has 0 fully saturated rings. The summed E-state index contributed by atoms with van der Waals surface area (Å²) in [4.78, 5) is 2.29. The fourth-order valence-corrected chi connectivity index (χ4v) is 3.86. The van der Waals surface area contributed by atoms with Gasteiger partial charge in [0, 0.05) is 31.0 Å². The second-order valence-electron chi connectivity index (χ2n) is 6.02. The van der Waals surface area contributed by atoms with E-state index in [9.17, 15) is 5.11 Å². The monoisotopic (exact) mass is 303 g/mol. The van der Waals surface area contributed by atoms with Crippen LogP contribution < -0.4 is 9.47 Å². The Morgan fingerprint density at radius 2 is 2.05 bits per heavy atom. The molecule has 4 heteroatoms. The predicted molar refractivity (Wildman–Crippen MR) is 86.5 cm³/mol. The summed E-state index contributed by atoms with van der Waals surface area (Å²) in [5, 5.41) is 10.1. The van der Waals surface area contributed by atoms with Crippen LogP contribution in [0.3, 0.4) is 0 Å². The van der Waals surface area contributed by atoms with Crippen LogP contribution in [0.25, 0.3) is 0 Å². The Morgan fingerprint density at radius 3 is 2.77 bits per heavy atom. The molecule has 120 valence electrons. The zero-order chi connectivity index (χ0) is 15.9. The molecule has 0 bridgehead atoms. The molecule has 0 spiro atoms. The summed E-state index contributed by atoms with van der Waals surface area (Å²) in [5.74, 6) is 1.97. The third-order valence-electron chi connectivity index (χ3n) is 4.59. The molecule has 2 heterocycles. The van der Waals surface area contributed by atoms with E-state index in [0.29, 0.717) is 6.42 Å². The molecule has 1 N–H and O–H groups in total. The molecule has 3 atom stereocenters. The predicted octanol–water partition coefficient (Wildman–Crippen LogP) is 2.70. The summed E-state index contributed by atoms with van der Waals surface area (Å²) in [5.41, 5.74) is 3.87.